The van der Waals surface area contributed by atoms with E-state index in [9.17, 15) is 9.59 Å². The van der Waals surface area contributed by atoms with Gasteiger partial charge in [0.25, 0.3) is 5.91 Å². The van der Waals surface area contributed by atoms with Crippen LogP contribution in [0.5, 0.6) is 0 Å². The number of benzene rings is 2. The number of hydrogen-bond donors (Lipinski definition) is 1. The van der Waals surface area contributed by atoms with Gasteiger partial charge in [-0.05, 0) is 67.8 Å². The molecule has 0 atom stereocenters. The van der Waals surface area contributed by atoms with Crippen LogP contribution in [0.2, 0.25) is 5.02 Å². The molecule has 1 fully saturated rings. The van der Waals surface area contributed by atoms with Crippen LogP contribution < -0.4 is 10.2 Å². The molecular formula is C24H25ClN4O4. The average Bonchev–Trinajstić information content (AvgIpc) is 3.51. The zero-order chi connectivity index (χ0) is 23.2. The number of hydrogen-bond acceptors (Lipinski definition) is 7. The van der Waals surface area contributed by atoms with E-state index in [-0.39, 0.29) is 25.4 Å². The first kappa shape index (κ1) is 22.8. The van der Waals surface area contributed by atoms with Gasteiger partial charge in [-0.15, -0.1) is 0 Å². The van der Waals surface area contributed by atoms with E-state index in [1.807, 2.05) is 19.1 Å². The molecule has 0 bridgehead atoms. The fourth-order valence-electron chi connectivity index (χ4n) is 3.65. The van der Waals surface area contributed by atoms with Gasteiger partial charge in [0.05, 0.1) is 6.42 Å². The smallest absolute Gasteiger partial charge is 0.306 e. The summed E-state index contributed by atoms with van der Waals surface area (Å²) in [6, 6.07) is 13.0. The van der Waals surface area contributed by atoms with Crippen LogP contribution in [0.4, 0.5) is 11.4 Å². The van der Waals surface area contributed by atoms with E-state index in [1.54, 1.807) is 24.3 Å². The fourth-order valence-corrected chi connectivity index (χ4v) is 3.77. The maximum absolute atomic E-state index is 12.2. The van der Waals surface area contributed by atoms with Gasteiger partial charge in [-0.1, -0.05) is 16.8 Å². The lowest BCUT2D eigenvalue weighted by Gasteiger charge is -2.19. The number of carbonyl (C=O) groups is 2. The maximum Gasteiger partial charge on any atom is 0.306 e. The van der Waals surface area contributed by atoms with E-state index in [0.29, 0.717) is 22.4 Å². The SMILES string of the molecule is Cc1cc(N2CCCC2)ccc1NC(=O)COC(=O)CCc1nc(-c2ccc(Cl)cc2)no1. The van der Waals surface area contributed by atoms with Gasteiger partial charge < -0.3 is 19.5 Å². The molecule has 1 aromatic heterocycles. The molecule has 172 valence electrons. The molecule has 4 rings (SSSR count). The molecule has 0 aliphatic carbocycles. The van der Waals surface area contributed by atoms with Gasteiger partial charge in [0.1, 0.15) is 0 Å². The monoisotopic (exact) mass is 468 g/mol. The number of aromatic nitrogens is 2. The number of anilines is 2. The van der Waals surface area contributed by atoms with Crippen molar-refractivity contribution in [3.05, 3.63) is 58.9 Å². The third-order valence-corrected chi connectivity index (χ3v) is 5.69. The minimum absolute atomic E-state index is 0.0269. The summed E-state index contributed by atoms with van der Waals surface area (Å²) in [5.41, 5.74) is 3.60. The maximum atomic E-state index is 12.2. The summed E-state index contributed by atoms with van der Waals surface area (Å²) < 4.78 is 10.3. The molecular weight excluding hydrogens is 444 g/mol. The first-order valence-corrected chi connectivity index (χ1v) is 11.3. The number of nitrogens with zero attached hydrogens (tertiary/aromatic N) is 3. The second kappa shape index (κ2) is 10.5. The molecule has 0 radical (unpaired) electrons. The predicted molar refractivity (Wildman–Crippen MR) is 125 cm³/mol. The highest BCUT2D eigenvalue weighted by atomic mass is 35.5. The molecule has 0 spiro atoms. The van der Waals surface area contributed by atoms with Crippen molar-refractivity contribution in [2.24, 2.45) is 0 Å². The Morgan fingerprint density at radius 3 is 2.64 bits per heavy atom. The average molecular weight is 469 g/mol. The van der Waals surface area contributed by atoms with Crippen LogP contribution in [0, 0.1) is 6.92 Å². The zero-order valence-electron chi connectivity index (χ0n) is 18.3. The third-order valence-electron chi connectivity index (χ3n) is 5.43. The highest BCUT2D eigenvalue weighted by Gasteiger charge is 2.15. The van der Waals surface area contributed by atoms with Crippen molar-refractivity contribution in [2.45, 2.75) is 32.6 Å². The van der Waals surface area contributed by atoms with Crippen LogP contribution in [-0.4, -0.2) is 41.7 Å². The quantitative estimate of drug-likeness (QED) is 0.489. The summed E-state index contributed by atoms with van der Waals surface area (Å²) >= 11 is 5.88. The summed E-state index contributed by atoms with van der Waals surface area (Å²) in [6.45, 7) is 3.72. The van der Waals surface area contributed by atoms with Gasteiger partial charge in [-0.3, -0.25) is 9.59 Å². The molecule has 9 heteroatoms. The molecule has 2 heterocycles. The van der Waals surface area contributed by atoms with Crippen LogP contribution in [0.25, 0.3) is 11.4 Å². The lowest BCUT2D eigenvalue weighted by atomic mass is 10.1. The number of carbonyl (C=O) groups excluding carboxylic acids is 2. The van der Waals surface area contributed by atoms with Crippen LogP contribution in [0.3, 0.4) is 0 Å². The number of esters is 1. The summed E-state index contributed by atoms with van der Waals surface area (Å²) in [4.78, 5) is 30.9. The van der Waals surface area contributed by atoms with E-state index >= 15 is 0 Å². The number of aryl methyl sites for hydroxylation is 2. The second-order valence-electron chi connectivity index (χ2n) is 7.92. The molecule has 1 saturated heterocycles. The molecule has 0 unspecified atom stereocenters. The van der Waals surface area contributed by atoms with Gasteiger partial charge in [-0.25, -0.2) is 0 Å². The molecule has 1 amide bonds. The van der Waals surface area contributed by atoms with E-state index in [1.165, 1.54) is 12.8 Å². The summed E-state index contributed by atoms with van der Waals surface area (Å²) in [7, 11) is 0. The Labute approximate surface area is 196 Å². The molecule has 3 aromatic rings. The Morgan fingerprint density at radius 2 is 1.91 bits per heavy atom. The van der Waals surface area contributed by atoms with Crippen molar-refractivity contribution < 1.29 is 18.8 Å². The number of ether oxygens (including phenoxy) is 1. The minimum Gasteiger partial charge on any atom is -0.456 e. The lowest BCUT2D eigenvalue weighted by molar-refractivity contribution is -0.147. The highest BCUT2D eigenvalue weighted by molar-refractivity contribution is 6.30. The van der Waals surface area contributed by atoms with Crippen LogP contribution in [0.1, 0.15) is 30.7 Å². The van der Waals surface area contributed by atoms with Crippen molar-refractivity contribution in [1.82, 2.24) is 10.1 Å². The first-order chi connectivity index (χ1) is 16.0. The van der Waals surface area contributed by atoms with Crippen molar-refractivity contribution in [1.29, 1.82) is 0 Å². The highest BCUT2D eigenvalue weighted by Crippen LogP contribution is 2.25. The van der Waals surface area contributed by atoms with Crippen LogP contribution >= 0.6 is 11.6 Å². The number of rotatable bonds is 8. The Kier molecular flexibility index (Phi) is 7.24. The largest absolute Gasteiger partial charge is 0.456 e. The van der Waals surface area contributed by atoms with Crippen molar-refractivity contribution >= 4 is 34.9 Å². The number of halogens is 1. The summed E-state index contributed by atoms with van der Waals surface area (Å²) in [5.74, 6) is -0.170. The zero-order valence-corrected chi connectivity index (χ0v) is 19.1. The Morgan fingerprint density at radius 1 is 1.15 bits per heavy atom. The van der Waals surface area contributed by atoms with Crippen molar-refractivity contribution in [2.75, 3.05) is 29.9 Å². The topological polar surface area (TPSA) is 97.6 Å². The number of nitrogens with one attached hydrogen (secondary N) is 1. The first-order valence-electron chi connectivity index (χ1n) is 10.9. The summed E-state index contributed by atoms with van der Waals surface area (Å²) in [5, 5.41) is 7.32. The van der Waals surface area contributed by atoms with Crippen molar-refractivity contribution in [3.8, 4) is 11.4 Å². The van der Waals surface area contributed by atoms with E-state index in [2.05, 4.69) is 26.4 Å². The molecule has 1 aliphatic heterocycles. The van der Waals surface area contributed by atoms with Gasteiger partial charge in [-0.2, -0.15) is 4.98 Å². The Hall–Kier alpha value is -3.39. The molecule has 8 nitrogen and oxygen atoms in total. The molecule has 1 N–H and O–H groups in total. The van der Waals surface area contributed by atoms with E-state index in [0.717, 1.165) is 29.9 Å². The Balaban J connectivity index is 1.21. The standard InChI is InChI=1S/C24H25ClN4O4/c1-16-14-19(29-12-2-3-13-29)8-9-20(16)26-21(30)15-32-23(31)11-10-22-27-24(28-33-22)17-4-6-18(25)7-5-17/h4-9,14H,2-3,10-13,15H2,1H3,(H,26,30). The second-order valence-corrected chi connectivity index (χ2v) is 8.36. The van der Waals surface area contributed by atoms with Crippen molar-refractivity contribution in [3.63, 3.8) is 0 Å². The van der Waals surface area contributed by atoms with Gasteiger partial charge >= 0.3 is 5.97 Å². The van der Waals surface area contributed by atoms with Gasteiger partial charge in [0.2, 0.25) is 11.7 Å². The molecule has 2 aromatic carbocycles. The van der Waals surface area contributed by atoms with Gasteiger partial charge in [0.15, 0.2) is 6.61 Å². The number of amides is 1. The lowest BCUT2D eigenvalue weighted by Crippen LogP contribution is -2.22. The minimum atomic E-state index is -0.516. The van der Waals surface area contributed by atoms with Gasteiger partial charge in [0, 0.05) is 41.5 Å². The molecule has 33 heavy (non-hydrogen) atoms. The fraction of sp³-hybridized carbons (Fsp3) is 0.333. The molecule has 1 aliphatic rings. The summed E-state index contributed by atoms with van der Waals surface area (Å²) in [6.07, 6.45) is 2.66. The Bertz CT molecular complexity index is 1120. The molecule has 0 saturated carbocycles. The van der Waals surface area contributed by atoms with Crippen LogP contribution in [-0.2, 0) is 20.7 Å². The van der Waals surface area contributed by atoms with E-state index < -0.39 is 5.97 Å². The van der Waals surface area contributed by atoms with Crippen LogP contribution in [0.15, 0.2) is 47.0 Å². The normalized spacial score (nSPS) is 13.2. The third kappa shape index (κ3) is 6.10. The van der Waals surface area contributed by atoms with E-state index in [4.69, 9.17) is 20.9 Å². The predicted octanol–water partition coefficient (Wildman–Crippen LogP) is 4.41.